The summed E-state index contributed by atoms with van der Waals surface area (Å²) in [5.74, 6) is 1.36. The second kappa shape index (κ2) is 13.5. The molecule has 1 saturated carbocycles. The summed E-state index contributed by atoms with van der Waals surface area (Å²) in [6.07, 6.45) is 9.74. The summed E-state index contributed by atoms with van der Waals surface area (Å²) in [7, 11) is 1.56. The molecule has 1 aliphatic carbocycles. The van der Waals surface area contributed by atoms with Crippen molar-refractivity contribution < 1.29 is 19.1 Å². The predicted molar refractivity (Wildman–Crippen MR) is 148 cm³/mol. The van der Waals surface area contributed by atoms with Gasteiger partial charge < -0.3 is 9.64 Å². The summed E-state index contributed by atoms with van der Waals surface area (Å²) < 4.78 is 21.0. The van der Waals surface area contributed by atoms with Crippen LogP contribution in [-0.2, 0) is 4.79 Å². The third-order valence-corrected chi connectivity index (χ3v) is 9.95. The largest absolute Gasteiger partial charge is 0.497 e. The van der Waals surface area contributed by atoms with Crippen LogP contribution in [0, 0.1) is 5.41 Å². The maximum Gasteiger partial charge on any atom is 0.249 e. The first-order valence-corrected chi connectivity index (χ1v) is 14.9. The first-order valence-electron chi connectivity index (χ1n) is 13.5. The molecule has 2 fully saturated rings. The highest BCUT2D eigenvalue weighted by atomic mass is 35.5. The molecule has 1 atom stereocenters. The third kappa shape index (κ3) is 7.08. The minimum absolute atomic E-state index is 0.126. The summed E-state index contributed by atoms with van der Waals surface area (Å²) >= 11 is 8.52. The van der Waals surface area contributed by atoms with Gasteiger partial charge in [0, 0.05) is 22.4 Å². The smallest absolute Gasteiger partial charge is 0.249 e. The van der Waals surface area contributed by atoms with Crippen molar-refractivity contribution in [2.24, 2.45) is 5.41 Å². The molecule has 2 N–H and O–H groups in total. The van der Waals surface area contributed by atoms with E-state index in [1.807, 2.05) is 5.48 Å². The monoisotopic (exact) mass is 551 g/mol. The Kier molecular flexibility index (Phi) is 10.3. The van der Waals surface area contributed by atoms with Crippen molar-refractivity contribution in [2.45, 2.75) is 75.6 Å². The molecule has 0 spiro atoms. The van der Waals surface area contributed by atoms with Gasteiger partial charge in [0.1, 0.15) is 11.9 Å². The average Bonchev–Trinajstić information content (AvgIpc) is 2.94. The van der Waals surface area contributed by atoms with E-state index in [-0.39, 0.29) is 11.4 Å². The molecule has 1 amide bonds. The number of fused-ring (bicyclic) bond motifs is 1. The van der Waals surface area contributed by atoms with Crippen molar-refractivity contribution in [1.82, 2.24) is 15.4 Å². The van der Waals surface area contributed by atoms with Crippen LogP contribution in [0.4, 0.5) is 4.39 Å². The fourth-order valence-electron chi connectivity index (χ4n) is 5.84. The number of aromatic nitrogens is 1. The van der Waals surface area contributed by atoms with Gasteiger partial charge in [0.25, 0.3) is 0 Å². The highest BCUT2D eigenvalue weighted by molar-refractivity contribution is 7.99. The van der Waals surface area contributed by atoms with Gasteiger partial charge in [-0.25, -0.2) is 9.87 Å². The highest BCUT2D eigenvalue weighted by Crippen LogP contribution is 2.42. The van der Waals surface area contributed by atoms with E-state index < -0.39 is 17.5 Å². The molecule has 1 aromatic carbocycles. The highest BCUT2D eigenvalue weighted by Gasteiger charge is 2.41. The lowest BCUT2D eigenvalue weighted by atomic mass is 9.73. The van der Waals surface area contributed by atoms with Gasteiger partial charge in [0.05, 0.1) is 23.1 Å². The molecular formula is C28H39ClFN3O3S. The molecule has 1 aliphatic heterocycles. The number of ether oxygens (including phenoxy) is 1. The first-order chi connectivity index (χ1) is 18.0. The van der Waals surface area contributed by atoms with Crippen LogP contribution in [0.3, 0.4) is 0 Å². The molecule has 0 radical (unpaired) electrons. The van der Waals surface area contributed by atoms with Crippen LogP contribution < -0.4 is 10.2 Å². The number of amides is 1. The average molecular weight is 552 g/mol. The van der Waals surface area contributed by atoms with Gasteiger partial charge in [0.2, 0.25) is 5.91 Å². The van der Waals surface area contributed by atoms with Crippen molar-refractivity contribution in [2.75, 3.05) is 32.5 Å². The number of likely N-dealkylation sites (tertiary alicyclic amines) is 1. The van der Waals surface area contributed by atoms with Crippen LogP contribution in [0.15, 0.2) is 24.4 Å². The number of nitrogens with zero attached hydrogens (tertiary/aromatic N) is 2. The Morgan fingerprint density at radius 3 is 2.78 bits per heavy atom. The topological polar surface area (TPSA) is 74.7 Å². The Bertz CT molecular complexity index is 1040. The van der Waals surface area contributed by atoms with Gasteiger partial charge >= 0.3 is 0 Å². The van der Waals surface area contributed by atoms with E-state index in [9.17, 15) is 10.0 Å². The number of hydrogen-bond acceptors (Lipinski definition) is 6. The lowest BCUT2D eigenvalue weighted by Crippen LogP contribution is -2.48. The molecule has 0 bridgehead atoms. The van der Waals surface area contributed by atoms with Crippen molar-refractivity contribution in [3.8, 4) is 5.75 Å². The van der Waals surface area contributed by atoms with Crippen LogP contribution in [0.2, 0.25) is 5.02 Å². The van der Waals surface area contributed by atoms with E-state index in [0.29, 0.717) is 41.5 Å². The fraction of sp³-hybridized carbons (Fsp3) is 0.643. The maximum atomic E-state index is 15.7. The summed E-state index contributed by atoms with van der Waals surface area (Å²) in [6, 6.07) is 5.31. The van der Waals surface area contributed by atoms with E-state index in [1.54, 1.807) is 25.3 Å². The van der Waals surface area contributed by atoms with Crippen LogP contribution >= 0.6 is 23.4 Å². The molecular weight excluding hydrogens is 513 g/mol. The van der Waals surface area contributed by atoms with E-state index in [2.05, 4.69) is 21.6 Å². The first kappa shape index (κ1) is 28.4. The number of methoxy groups -OCH3 is 1. The molecule has 2 aliphatic rings. The molecule has 1 saturated heterocycles. The van der Waals surface area contributed by atoms with E-state index >= 15 is 4.39 Å². The number of hydrogen-bond donors (Lipinski definition) is 2. The van der Waals surface area contributed by atoms with Crippen molar-refractivity contribution in [3.05, 3.63) is 35.0 Å². The van der Waals surface area contributed by atoms with Gasteiger partial charge in [-0.15, -0.1) is 0 Å². The number of alkyl halides is 1. The number of thioether (sulfide) groups is 1. The van der Waals surface area contributed by atoms with E-state index in [1.165, 1.54) is 44.1 Å². The number of hydroxylamine groups is 1. The quantitative estimate of drug-likeness (QED) is 0.183. The molecule has 6 nitrogen and oxygen atoms in total. The van der Waals surface area contributed by atoms with Gasteiger partial charge in [-0.3, -0.25) is 15.0 Å². The fourth-order valence-corrected chi connectivity index (χ4v) is 7.41. The SMILES string of the molecule is COc1ccc2ncc(Cl)c([C@H](F)CCC3(C(=O)NO)CCN(CCCSC4CCCCC4)CC3)c2c1. The Labute approximate surface area is 228 Å². The second-order valence-electron chi connectivity index (χ2n) is 10.5. The van der Waals surface area contributed by atoms with Crippen molar-refractivity contribution in [3.63, 3.8) is 0 Å². The Morgan fingerprint density at radius 2 is 2.08 bits per heavy atom. The lowest BCUT2D eigenvalue weighted by Gasteiger charge is -2.40. The van der Waals surface area contributed by atoms with Crippen LogP contribution in [0.25, 0.3) is 10.9 Å². The van der Waals surface area contributed by atoms with E-state index in [0.717, 1.165) is 31.3 Å². The predicted octanol–water partition coefficient (Wildman–Crippen LogP) is 6.73. The molecule has 2 aromatic rings. The van der Waals surface area contributed by atoms with Gasteiger partial charge in [-0.2, -0.15) is 11.8 Å². The zero-order valence-electron chi connectivity index (χ0n) is 21.7. The molecule has 204 valence electrons. The van der Waals surface area contributed by atoms with Crippen LogP contribution in [0.1, 0.15) is 75.9 Å². The zero-order valence-corrected chi connectivity index (χ0v) is 23.3. The van der Waals surface area contributed by atoms with Crippen LogP contribution in [-0.4, -0.2) is 58.7 Å². The number of piperidine rings is 1. The maximum absolute atomic E-state index is 15.7. The van der Waals surface area contributed by atoms with Crippen molar-refractivity contribution >= 4 is 40.2 Å². The molecule has 4 rings (SSSR count). The number of nitrogens with one attached hydrogen (secondary N) is 1. The molecule has 37 heavy (non-hydrogen) atoms. The molecule has 0 unspecified atom stereocenters. The summed E-state index contributed by atoms with van der Waals surface area (Å²) in [5, 5.41) is 11.2. The second-order valence-corrected chi connectivity index (χ2v) is 12.3. The van der Waals surface area contributed by atoms with Crippen LogP contribution in [0.5, 0.6) is 5.75 Å². The normalized spacial score (nSPS) is 19.6. The number of rotatable bonds is 11. The van der Waals surface area contributed by atoms with E-state index in [4.69, 9.17) is 16.3 Å². The number of carbonyl (C=O) groups excluding carboxylic acids is 1. The van der Waals surface area contributed by atoms with Gasteiger partial charge in [-0.05, 0) is 88.5 Å². The number of halogens is 2. The Hall–Kier alpha value is -1.61. The molecule has 9 heteroatoms. The minimum atomic E-state index is -1.37. The standard InChI is InChI=1S/C28H39ClFN3O3S/c1-36-20-8-9-25-22(18-20)26(23(29)19-31-25)24(30)10-11-28(27(34)32-35)12-15-33(16-13-28)14-5-17-37-21-6-3-2-4-7-21/h8-9,18-19,21,24,35H,2-7,10-17H2,1H3,(H,32,34)/t24-/m1/s1. The summed E-state index contributed by atoms with van der Waals surface area (Å²) in [4.78, 5) is 19.5. The zero-order chi connectivity index (χ0) is 26.3. The summed E-state index contributed by atoms with van der Waals surface area (Å²) in [6.45, 7) is 2.56. The van der Waals surface area contributed by atoms with Gasteiger partial charge in [-0.1, -0.05) is 30.9 Å². The Balaban J connectivity index is 1.34. The Morgan fingerprint density at radius 1 is 1.32 bits per heavy atom. The van der Waals surface area contributed by atoms with Gasteiger partial charge in [0.15, 0.2) is 0 Å². The van der Waals surface area contributed by atoms with Crippen molar-refractivity contribution in [1.29, 1.82) is 0 Å². The third-order valence-electron chi connectivity index (χ3n) is 8.18. The number of carbonyl (C=O) groups is 1. The summed E-state index contributed by atoms with van der Waals surface area (Å²) in [5.41, 5.74) is 2.08. The minimum Gasteiger partial charge on any atom is -0.497 e. The molecule has 1 aromatic heterocycles. The molecule has 2 heterocycles. The lowest BCUT2D eigenvalue weighted by molar-refractivity contribution is -0.143. The number of pyridine rings is 1. The number of benzene rings is 1.